The monoisotopic (exact) mass is 363 g/mol. The molecule has 3 N–H and O–H groups in total. The van der Waals surface area contributed by atoms with E-state index in [0.717, 1.165) is 22.5 Å². The Hall–Kier alpha value is -3.61. The second-order valence-corrected chi connectivity index (χ2v) is 6.17. The zero-order valence-corrected chi connectivity index (χ0v) is 15.2. The van der Waals surface area contributed by atoms with Crippen LogP contribution < -0.4 is 16.2 Å². The number of benzene rings is 2. The molecular weight excluding hydrogens is 342 g/mol. The highest BCUT2D eigenvalue weighted by molar-refractivity contribution is 5.95. The normalized spacial score (nSPS) is 10.3. The largest absolute Gasteiger partial charge is 0.376 e. The minimum atomic E-state index is -0.387. The highest BCUT2D eigenvalue weighted by atomic mass is 16.2. The molecule has 0 aliphatic carbocycles. The summed E-state index contributed by atoms with van der Waals surface area (Å²) in [6, 6.07) is 14.7. The molecule has 3 rings (SSSR count). The van der Waals surface area contributed by atoms with E-state index in [1.54, 1.807) is 35.1 Å². The molecule has 0 aliphatic rings. The summed E-state index contributed by atoms with van der Waals surface area (Å²) in [6.45, 7) is 4.05. The molecule has 0 aliphatic heterocycles. The number of nitrogens with one attached hydrogen (secondary N) is 3. The van der Waals surface area contributed by atoms with Crippen LogP contribution in [-0.2, 0) is 4.79 Å². The molecular formula is C20H21N5O2. The Labute approximate surface area is 157 Å². The Morgan fingerprint density at radius 1 is 1.04 bits per heavy atom. The van der Waals surface area contributed by atoms with E-state index in [4.69, 9.17) is 0 Å². The highest BCUT2D eigenvalue weighted by Crippen LogP contribution is 2.15. The van der Waals surface area contributed by atoms with Crippen LogP contribution in [0.3, 0.4) is 0 Å². The first kappa shape index (κ1) is 18.2. The summed E-state index contributed by atoms with van der Waals surface area (Å²) in [7, 11) is 0. The van der Waals surface area contributed by atoms with Gasteiger partial charge >= 0.3 is 0 Å². The Kier molecular flexibility index (Phi) is 5.51. The quantitative estimate of drug-likeness (QED) is 0.607. The van der Waals surface area contributed by atoms with Crippen LogP contribution in [0.5, 0.6) is 0 Å². The molecule has 7 nitrogen and oxygen atoms in total. The van der Waals surface area contributed by atoms with Crippen LogP contribution >= 0.6 is 0 Å². The first-order valence-corrected chi connectivity index (χ1v) is 8.53. The van der Waals surface area contributed by atoms with E-state index in [2.05, 4.69) is 21.3 Å². The van der Waals surface area contributed by atoms with Crippen molar-refractivity contribution in [1.82, 2.24) is 20.6 Å². The van der Waals surface area contributed by atoms with Gasteiger partial charge in [0.15, 0.2) is 0 Å². The summed E-state index contributed by atoms with van der Waals surface area (Å²) < 4.78 is 1.70. The van der Waals surface area contributed by atoms with Crippen LogP contribution in [0.4, 0.5) is 5.69 Å². The van der Waals surface area contributed by atoms with Crippen molar-refractivity contribution in [2.45, 2.75) is 13.8 Å². The number of carbonyl (C=O) groups is 2. The Morgan fingerprint density at radius 3 is 2.48 bits per heavy atom. The first-order chi connectivity index (χ1) is 13.0. The van der Waals surface area contributed by atoms with E-state index in [1.165, 1.54) is 0 Å². The number of hydrogen-bond donors (Lipinski definition) is 3. The van der Waals surface area contributed by atoms with Crippen molar-refractivity contribution in [2.24, 2.45) is 0 Å². The van der Waals surface area contributed by atoms with Crippen molar-refractivity contribution in [1.29, 1.82) is 0 Å². The van der Waals surface area contributed by atoms with Crippen LogP contribution in [0.15, 0.2) is 60.9 Å². The smallest absolute Gasteiger partial charge is 0.269 e. The van der Waals surface area contributed by atoms with Crippen molar-refractivity contribution >= 4 is 17.5 Å². The summed E-state index contributed by atoms with van der Waals surface area (Å²) in [6.07, 6.45) is 3.50. The zero-order valence-electron chi connectivity index (χ0n) is 15.2. The predicted octanol–water partition coefficient (Wildman–Crippen LogP) is 2.36. The van der Waals surface area contributed by atoms with Gasteiger partial charge in [-0.3, -0.25) is 20.4 Å². The van der Waals surface area contributed by atoms with Crippen LogP contribution in [-0.4, -0.2) is 28.1 Å². The van der Waals surface area contributed by atoms with E-state index in [1.807, 2.05) is 44.3 Å². The van der Waals surface area contributed by atoms with Gasteiger partial charge in [-0.15, -0.1) is 0 Å². The molecule has 138 valence electrons. The van der Waals surface area contributed by atoms with Gasteiger partial charge in [-0.2, -0.15) is 5.10 Å². The molecule has 27 heavy (non-hydrogen) atoms. The van der Waals surface area contributed by atoms with Crippen molar-refractivity contribution in [3.63, 3.8) is 0 Å². The van der Waals surface area contributed by atoms with Crippen molar-refractivity contribution < 1.29 is 9.59 Å². The molecule has 0 saturated heterocycles. The molecule has 7 heteroatoms. The zero-order chi connectivity index (χ0) is 19.2. The molecule has 0 saturated carbocycles. The van der Waals surface area contributed by atoms with Gasteiger partial charge < -0.3 is 5.32 Å². The van der Waals surface area contributed by atoms with Gasteiger partial charge in [0.1, 0.15) is 0 Å². The Morgan fingerprint density at radius 2 is 1.81 bits per heavy atom. The van der Waals surface area contributed by atoms with Crippen LogP contribution in [0.2, 0.25) is 0 Å². The fraction of sp³-hybridized carbons (Fsp3) is 0.150. The van der Waals surface area contributed by atoms with E-state index in [-0.39, 0.29) is 18.4 Å². The molecule has 1 aromatic heterocycles. The lowest BCUT2D eigenvalue weighted by Gasteiger charge is -2.11. The molecule has 0 spiro atoms. The molecule has 0 atom stereocenters. The van der Waals surface area contributed by atoms with Gasteiger partial charge in [0, 0.05) is 23.6 Å². The third-order valence-corrected chi connectivity index (χ3v) is 4.04. The summed E-state index contributed by atoms with van der Waals surface area (Å²) in [5.41, 5.74) is 9.21. The summed E-state index contributed by atoms with van der Waals surface area (Å²) in [5.74, 6) is -0.724. The van der Waals surface area contributed by atoms with E-state index in [9.17, 15) is 9.59 Å². The van der Waals surface area contributed by atoms with Crippen molar-refractivity contribution in [3.05, 3.63) is 77.6 Å². The lowest BCUT2D eigenvalue weighted by Crippen LogP contribution is -2.44. The lowest BCUT2D eigenvalue weighted by atomic mass is 10.1. The van der Waals surface area contributed by atoms with Crippen LogP contribution in [0, 0.1) is 13.8 Å². The molecule has 3 aromatic rings. The molecule has 0 radical (unpaired) electrons. The minimum Gasteiger partial charge on any atom is -0.376 e. The van der Waals surface area contributed by atoms with E-state index in [0.29, 0.717) is 5.56 Å². The second-order valence-electron chi connectivity index (χ2n) is 6.17. The molecule has 1 heterocycles. The molecule has 0 fully saturated rings. The number of aryl methyl sites for hydroxylation is 2. The van der Waals surface area contributed by atoms with Gasteiger partial charge in [0.05, 0.1) is 12.2 Å². The van der Waals surface area contributed by atoms with Crippen LogP contribution in [0.1, 0.15) is 21.5 Å². The summed E-state index contributed by atoms with van der Waals surface area (Å²) in [4.78, 5) is 24.1. The average Bonchev–Trinajstić information content (AvgIpc) is 3.20. The number of nitrogens with zero attached hydrogens (tertiary/aromatic N) is 2. The standard InChI is InChI=1S/C20H21N5O2/c1-14-4-9-18(15(2)12-14)21-13-19(26)23-24-20(27)16-5-7-17(8-6-16)25-11-3-10-22-25/h3-12,21H,13H2,1-2H3,(H,23,26)(H,24,27). The number of hydrogen-bond acceptors (Lipinski definition) is 4. The minimum absolute atomic E-state index is 0.0580. The lowest BCUT2D eigenvalue weighted by molar-refractivity contribution is -0.120. The van der Waals surface area contributed by atoms with Gasteiger partial charge in [-0.1, -0.05) is 17.7 Å². The number of amides is 2. The fourth-order valence-electron chi connectivity index (χ4n) is 2.62. The molecule has 0 unspecified atom stereocenters. The maximum absolute atomic E-state index is 12.1. The number of hydrazine groups is 1. The SMILES string of the molecule is Cc1ccc(NCC(=O)NNC(=O)c2ccc(-n3cccn3)cc2)c(C)c1. The fourth-order valence-corrected chi connectivity index (χ4v) is 2.62. The molecule has 0 bridgehead atoms. The molecule has 2 aromatic carbocycles. The number of carbonyl (C=O) groups excluding carboxylic acids is 2. The second kappa shape index (κ2) is 8.18. The van der Waals surface area contributed by atoms with E-state index < -0.39 is 0 Å². The average molecular weight is 363 g/mol. The highest BCUT2D eigenvalue weighted by Gasteiger charge is 2.08. The van der Waals surface area contributed by atoms with Crippen LogP contribution in [0.25, 0.3) is 5.69 Å². The van der Waals surface area contributed by atoms with Gasteiger partial charge in [0.25, 0.3) is 11.8 Å². The maximum Gasteiger partial charge on any atom is 0.269 e. The molecule has 2 amide bonds. The number of rotatable bonds is 5. The third-order valence-electron chi connectivity index (χ3n) is 4.04. The third kappa shape index (κ3) is 4.72. The van der Waals surface area contributed by atoms with Gasteiger partial charge in [-0.05, 0) is 55.8 Å². The van der Waals surface area contributed by atoms with Gasteiger partial charge in [-0.25, -0.2) is 4.68 Å². The number of anilines is 1. The summed E-state index contributed by atoms with van der Waals surface area (Å²) >= 11 is 0. The number of aromatic nitrogens is 2. The van der Waals surface area contributed by atoms with E-state index >= 15 is 0 Å². The predicted molar refractivity (Wildman–Crippen MR) is 104 cm³/mol. The van der Waals surface area contributed by atoms with Gasteiger partial charge in [0.2, 0.25) is 0 Å². The van der Waals surface area contributed by atoms with Crippen molar-refractivity contribution in [2.75, 3.05) is 11.9 Å². The summed E-state index contributed by atoms with van der Waals surface area (Å²) in [5, 5.41) is 7.18. The first-order valence-electron chi connectivity index (χ1n) is 8.53. The Balaban J connectivity index is 1.49. The topological polar surface area (TPSA) is 88.0 Å². The maximum atomic E-state index is 12.1. The van der Waals surface area contributed by atoms with Crippen molar-refractivity contribution in [3.8, 4) is 5.69 Å². The Bertz CT molecular complexity index is 934.